The summed E-state index contributed by atoms with van der Waals surface area (Å²) in [6.07, 6.45) is 0. The third kappa shape index (κ3) is 4.87. The molecule has 4 aromatic rings. The van der Waals surface area contributed by atoms with E-state index in [1.807, 2.05) is 24.3 Å². The topological polar surface area (TPSA) is 43.9 Å². The Bertz CT molecular complexity index is 1370. The zero-order chi connectivity index (χ0) is 25.2. The minimum atomic E-state index is -0.428. The molecule has 0 radical (unpaired) electrons. The van der Waals surface area contributed by atoms with Gasteiger partial charge >= 0.3 is 0 Å². The van der Waals surface area contributed by atoms with Crippen LogP contribution < -0.4 is 0 Å². The van der Waals surface area contributed by atoms with Crippen LogP contribution in [0.1, 0.15) is 22.6 Å². The van der Waals surface area contributed by atoms with Gasteiger partial charge in [0.2, 0.25) is 11.8 Å². The Hall–Kier alpha value is -3.96. The van der Waals surface area contributed by atoms with Crippen LogP contribution in [-0.4, -0.2) is 65.3 Å². The van der Waals surface area contributed by atoms with Crippen LogP contribution in [0.5, 0.6) is 0 Å². The van der Waals surface area contributed by atoms with Crippen LogP contribution in [0.2, 0.25) is 0 Å². The lowest BCUT2D eigenvalue weighted by molar-refractivity contribution is -0.160. The zero-order valence-corrected chi connectivity index (χ0v) is 20.9. The van der Waals surface area contributed by atoms with Crippen molar-refractivity contribution >= 4 is 22.6 Å². The fraction of sp³-hybridized carbons (Fsp3) is 0.250. The molecule has 4 aromatic carbocycles. The summed E-state index contributed by atoms with van der Waals surface area (Å²) < 4.78 is 0. The molecular weight excluding hydrogens is 458 g/mol. The van der Waals surface area contributed by atoms with Gasteiger partial charge in [-0.25, -0.2) is 0 Å². The van der Waals surface area contributed by atoms with Gasteiger partial charge in [0.05, 0.1) is 0 Å². The summed E-state index contributed by atoms with van der Waals surface area (Å²) in [6, 6.07) is 35.2. The number of rotatable bonds is 6. The molecule has 1 unspecified atom stereocenters. The standard InChI is InChI=1S/C32H31N3O2/c36-31-23-34(20-24-15-16-25-9-7-8-14-28(25)19-24)32(37)30-22-33(17-18-35(30)31)21-29(26-10-3-1-4-11-26)27-12-5-2-6-13-27/h1-16,19,29-30H,17-18,20-23H2. The molecular formula is C32H31N3O2. The Morgan fingerprint density at radius 1 is 0.730 bits per heavy atom. The molecule has 2 aliphatic heterocycles. The van der Waals surface area contributed by atoms with Gasteiger partial charge in [0.25, 0.3) is 0 Å². The summed E-state index contributed by atoms with van der Waals surface area (Å²) in [6.45, 7) is 3.35. The third-order valence-corrected chi connectivity index (χ3v) is 7.74. The Labute approximate surface area is 217 Å². The lowest BCUT2D eigenvalue weighted by atomic mass is 9.90. The highest BCUT2D eigenvalue weighted by Gasteiger charge is 2.42. The van der Waals surface area contributed by atoms with Crippen molar-refractivity contribution < 1.29 is 9.59 Å². The molecule has 0 saturated carbocycles. The number of fused-ring (bicyclic) bond motifs is 2. The van der Waals surface area contributed by atoms with Gasteiger partial charge in [-0.05, 0) is 33.5 Å². The first-order valence-corrected chi connectivity index (χ1v) is 13.0. The number of benzene rings is 4. The van der Waals surface area contributed by atoms with E-state index in [9.17, 15) is 9.59 Å². The first kappa shape index (κ1) is 23.4. The van der Waals surface area contributed by atoms with Gasteiger partial charge in [0.15, 0.2) is 0 Å². The lowest BCUT2D eigenvalue weighted by Gasteiger charge is -2.46. The number of carbonyl (C=O) groups is 2. The fourth-order valence-corrected chi connectivity index (χ4v) is 5.78. The molecule has 5 nitrogen and oxygen atoms in total. The molecule has 0 aromatic heterocycles. The van der Waals surface area contributed by atoms with Gasteiger partial charge in [0, 0.05) is 38.6 Å². The van der Waals surface area contributed by atoms with Crippen LogP contribution in [0.3, 0.4) is 0 Å². The minimum absolute atomic E-state index is 0.0488. The smallest absolute Gasteiger partial charge is 0.247 e. The summed E-state index contributed by atoms with van der Waals surface area (Å²) >= 11 is 0. The largest absolute Gasteiger partial charge is 0.327 e. The van der Waals surface area contributed by atoms with Crippen molar-refractivity contribution in [2.24, 2.45) is 0 Å². The fourth-order valence-electron chi connectivity index (χ4n) is 5.78. The third-order valence-electron chi connectivity index (χ3n) is 7.74. The van der Waals surface area contributed by atoms with Crippen molar-refractivity contribution in [3.63, 3.8) is 0 Å². The number of hydrogen-bond acceptors (Lipinski definition) is 3. The normalized spacial score (nSPS) is 18.5. The second kappa shape index (κ2) is 10.2. The zero-order valence-electron chi connectivity index (χ0n) is 20.9. The number of nitrogens with zero attached hydrogens (tertiary/aromatic N) is 3. The number of piperazine rings is 2. The predicted molar refractivity (Wildman–Crippen MR) is 146 cm³/mol. The van der Waals surface area contributed by atoms with Crippen LogP contribution in [-0.2, 0) is 16.1 Å². The van der Waals surface area contributed by atoms with Crippen LogP contribution in [0.4, 0.5) is 0 Å². The molecule has 2 heterocycles. The van der Waals surface area contributed by atoms with E-state index >= 15 is 0 Å². The van der Waals surface area contributed by atoms with Crippen LogP contribution in [0.15, 0.2) is 103 Å². The Balaban J connectivity index is 1.20. The van der Waals surface area contributed by atoms with E-state index in [1.165, 1.54) is 16.5 Å². The van der Waals surface area contributed by atoms with E-state index < -0.39 is 6.04 Å². The van der Waals surface area contributed by atoms with E-state index in [0.717, 1.165) is 24.0 Å². The van der Waals surface area contributed by atoms with Gasteiger partial charge in [-0.1, -0.05) is 97.1 Å². The van der Waals surface area contributed by atoms with Crippen molar-refractivity contribution in [1.29, 1.82) is 0 Å². The Morgan fingerprint density at radius 2 is 1.38 bits per heavy atom. The predicted octanol–water partition coefficient (Wildman–Crippen LogP) is 4.53. The molecule has 0 N–H and O–H groups in total. The summed E-state index contributed by atoms with van der Waals surface area (Å²) in [5, 5.41) is 2.32. The van der Waals surface area contributed by atoms with Crippen molar-refractivity contribution in [1.82, 2.24) is 14.7 Å². The van der Waals surface area contributed by atoms with Crippen LogP contribution >= 0.6 is 0 Å². The van der Waals surface area contributed by atoms with Crippen LogP contribution in [0.25, 0.3) is 10.8 Å². The quantitative estimate of drug-likeness (QED) is 0.400. The first-order chi connectivity index (χ1) is 18.2. The average molecular weight is 490 g/mol. The number of hydrogen-bond donors (Lipinski definition) is 0. The van der Waals surface area contributed by atoms with Gasteiger partial charge in [-0.3, -0.25) is 14.5 Å². The molecule has 37 heavy (non-hydrogen) atoms. The van der Waals surface area contributed by atoms with Gasteiger partial charge < -0.3 is 9.80 Å². The highest BCUT2D eigenvalue weighted by molar-refractivity contribution is 5.95. The summed E-state index contributed by atoms with van der Waals surface area (Å²) in [5.41, 5.74) is 3.58. The SMILES string of the molecule is O=C1C2CN(CC(c3ccccc3)c3ccccc3)CCN2C(=O)CN1Cc1ccc2ccccc2c1. The Kier molecular flexibility index (Phi) is 6.46. The van der Waals surface area contributed by atoms with Crippen molar-refractivity contribution in [2.45, 2.75) is 18.5 Å². The minimum Gasteiger partial charge on any atom is -0.327 e. The van der Waals surface area contributed by atoms with E-state index in [0.29, 0.717) is 19.6 Å². The number of amides is 2. The highest BCUT2D eigenvalue weighted by Crippen LogP contribution is 2.28. The monoisotopic (exact) mass is 489 g/mol. The highest BCUT2D eigenvalue weighted by atomic mass is 16.2. The molecule has 2 saturated heterocycles. The second-order valence-corrected chi connectivity index (χ2v) is 10.1. The summed E-state index contributed by atoms with van der Waals surface area (Å²) in [7, 11) is 0. The Morgan fingerprint density at radius 3 is 2.08 bits per heavy atom. The van der Waals surface area contributed by atoms with E-state index in [2.05, 4.69) is 83.8 Å². The van der Waals surface area contributed by atoms with Crippen molar-refractivity contribution in [3.05, 3.63) is 120 Å². The maximum absolute atomic E-state index is 13.6. The van der Waals surface area contributed by atoms with E-state index in [4.69, 9.17) is 0 Å². The van der Waals surface area contributed by atoms with E-state index in [-0.39, 0.29) is 24.3 Å². The molecule has 5 heteroatoms. The molecule has 0 aliphatic carbocycles. The molecule has 0 spiro atoms. The molecule has 2 aliphatic rings. The van der Waals surface area contributed by atoms with Crippen LogP contribution in [0, 0.1) is 0 Å². The number of carbonyl (C=O) groups excluding carboxylic acids is 2. The molecule has 2 amide bonds. The molecule has 2 fully saturated rings. The summed E-state index contributed by atoms with van der Waals surface area (Å²) in [5.74, 6) is 0.304. The van der Waals surface area contributed by atoms with Gasteiger partial charge in [0.1, 0.15) is 12.6 Å². The first-order valence-electron chi connectivity index (χ1n) is 13.0. The van der Waals surface area contributed by atoms with Crippen molar-refractivity contribution in [2.75, 3.05) is 32.7 Å². The molecule has 186 valence electrons. The maximum Gasteiger partial charge on any atom is 0.247 e. The molecule has 0 bridgehead atoms. The van der Waals surface area contributed by atoms with E-state index in [1.54, 1.807) is 9.80 Å². The second-order valence-electron chi connectivity index (χ2n) is 10.1. The average Bonchev–Trinajstić information content (AvgIpc) is 2.95. The summed E-state index contributed by atoms with van der Waals surface area (Å²) in [4.78, 5) is 32.6. The lowest BCUT2D eigenvalue weighted by Crippen LogP contribution is -2.66. The molecule has 6 rings (SSSR count). The van der Waals surface area contributed by atoms with Gasteiger partial charge in [-0.15, -0.1) is 0 Å². The maximum atomic E-state index is 13.6. The van der Waals surface area contributed by atoms with Gasteiger partial charge in [-0.2, -0.15) is 0 Å². The molecule has 1 atom stereocenters. The van der Waals surface area contributed by atoms with Crippen molar-refractivity contribution in [3.8, 4) is 0 Å².